The molecule has 1 fully saturated rings. The molecule has 2 aromatic heterocycles. The lowest BCUT2D eigenvalue weighted by Crippen LogP contribution is -2.59. The van der Waals surface area contributed by atoms with Crippen molar-refractivity contribution in [2.24, 2.45) is 12.0 Å². The molecule has 2 aromatic carbocycles. The van der Waals surface area contributed by atoms with Gasteiger partial charge in [0, 0.05) is 18.3 Å². The van der Waals surface area contributed by atoms with Gasteiger partial charge in [0.1, 0.15) is 27.3 Å². The van der Waals surface area contributed by atoms with Crippen molar-refractivity contribution < 1.29 is 4.39 Å². The second kappa shape index (κ2) is 10.3. The molecular formula is C29H27BrFN7O. The molecule has 0 spiro atoms. The summed E-state index contributed by atoms with van der Waals surface area (Å²) in [5, 5.41) is 16.1. The smallest absolute Gasteiger partial charge is 0.267 e. The van der Waals surface area contributed by atoms with Crippen LogP contribution >= 0.6 is 15.9 Å². The van der Waals surface area contributed by atoms with Crippen LogP contribution in [0, 0.1) is 11.2 Å². The van der Waals surface area contributed by atoms with E-state index in [9.17, 15) is 9.18 Å². The fourth-order valence-corrected chi connectivity index (χ4v) is 5.90. The Hall–Kier alpha value is -4.05. The number of aromatic nitrogens is 3. The Morgan fingerprint density at radius 3 is 2.59 bits per heavy atom. The number of para-hydroxylation sites is 1. The number of pyridine rings is 1. The highest BCUT2D eigenvalue weighted by molar-refractivity contribution is 9.09. The molecule has 39 heavy (non-hydrogen) atoms. The van der Waals surface area contributed by atoms with Crippen molar-refractivity contribution in [3.63, 3.8) is 0 Å². The van der Waals surface area contributed by atoms with Crippen LogP contribution in [0.25, 0.3) is 17.1 Å². The summed E-state index contributed by atoms with van der Waals surface area (Å²) in [6.45, 7) is 0. The molecule has 1 saturated carbocycles. The van der Waals surface area contributed by atoms with Gasteiger partial charge in [-0.05, 0) is 49.1 Å². The Balaban J connectivity index is 1.43. The fourth-order valence-electron chi connectivity index (χ4n) is 5.37. The third-order valence-electron chi connectivity index (χ3n) is 7.36. The Morgan fingerprint density at radius 2 is 1.87 bits per heavy atom. The molecule has 2 unspecified atom stereocenters. The third kappa shape index (κ3) is 4.69. The van der Waals surface area contributed by atoms with Crippen molar-refractivity contribution in [1.29, 1.82) is 5.41 Å². The summed E-state index contributed by atoms with van der Waals surface area (Å²) < 4.78 is 16.7. The van der Waals surface area contributed by atoms with Gasteiger partial charge in [0.05, 0.1) is 24.0 Å². The van der Waals surface area contributed by atoms with Gasteiger partial charge in [0.25, 0.3) is 5.56 Å². The average Bonchev–Trinajstić information content (AvgIpc) is 3.55. The van der Waals surface area contributed by atoms with Gasteiger partial charge in [-0.15, -0.1) is 0 Å². The van der Waals surface area contributed by atoms with E-state index in [4.69, 9.17) is 10.4 Å². The zero-order valence-electron chi connectivity index (χ0n) is 21.2. The minimum atomic E-state index is -0.384. The third-order valence-corrected chi connectivity index (χ3v) is 8.12. The van der Waals surface area contributed by atoms with Crippen molar-refractivity contribution >= 4 is 27.4 Å². The number of benzene rings is 2. The molecule has 3 N–H and O–H groups in total. The minimum Gasteiger partial charge on any atom is -0.355 e. The molecule has 6 rings (SSSR count). The summed E-state index contributed by atoms with van der Waals surface area (Å²) >= 11 is 3.73. The zero-order chi connectivity index (χ0) is 27.1. The van der Waals surface area contributed by atoms with Crippen LogP contribution in [0.5, 0.6) is 0 Å². The van der Waals surface area contributed by atoms with Crippen LogP contribution < -0.4 is 32.5 Å². The van der Waals surface area contributed by atoms with E-state index >= 15 is 0 Å². The summed E-state index contributed by atoms with van der Waals surface area (Å²) in [6, 6.07) is 20.5. The monoisotopic (exact) mass is 587 g/mol. The van der Waals surface area contributed by atoms with Crippen LogP contribution in [0.2, 0.25) is 0 Å². The van der Waals surface area contributed by atoms with E-state index in [1.165, 1.54) is 12.3 Å². The van der Waals surface area contributed by atoms with Crippen LogP contribution in [0.4, 0.5) is 10.1 Å². The number of nitrogens with zero attached hydrogens (tertiary/aromatic N) is 4. The highest BCUT2D eigenvalue weighted by Crippen LogP contribution is 2.32. The number of fused-ring (bicyclic) bond motifs is 3. The molecule has 10 heteroatoms. The average molecular weight is 588 g/mol. The Bertz CT molecular complexity index is 1770. The normalized spacial score (nSPS) is 19.1. The molecule has 0 bridgehead atoms. The van der Waals surface area contributed by atoms with E-state index in [1.807, 2.05) is 59.2 Å². The molecule has 8 nitrogen and oxygen atoms in total. The lowest BCUT2D eigenvalue weighted by atomic mass is 10.1. The maximum Gasteiger partial charge on any atom is 0.267 e. The van der Waals surface area contributed by atoms with Gasteiger partial charge < -0.3 is 10.6 Å². The number of alkyl halides is 1. The van der Waals surface area contributed by atoms with E-state index in [-0.39, 0.29) is 39.1 Å². The second-order valence-corrected chi connectivity index (χ2v) is 10.7. The molecule has 3 atom stereocenters. The van der Waals surface area contributed by atoms with Crippen LogP contribution in [-0.2, 0) is 7.05 Å². The molecule has 0 radical (unpaired) electrons. The SMILES string of the molecule is Cn1c(=O)/c(=C(\Nc2ccccc2)NC(Br)c2ccc(-c3ccc(F)cn3)cc2)c(=N)n2c1=NC1CCC[C@@H]12. The highest BCUT2D eigenvalue weighted by atomic mass is 79.9. The molecular weight excluding hydrogens is 561 g/mol. The van der Waals surface area contributed by atoms with Crippen LogP contribution in [0.3, 0.4) is 0 Å². The fraction of sp³-hybridized carbons (Fsp3) is 0.241. The molecule has 198 valence electrons. The Labute approximate surface area is 232 Å². The van der Waals surface area contributed by atoms with Crippen molar-refractivity contribution in [1.82, 2.24) is 19.4 Å². The maximum absolute atomic E-state index is 13.7. The molecule has 3 heterocycles. The van der Waals surface area contributed by atoms with Crippen molar-refractivity contribution in [3.05, 3.63) is 111 Å². The zero-order valence-corrected chi connectivity index (χ0v) is 22.8. The molecule has 0 saturated heterocycles. The number of halogens is 2. The van der Waals surface area contributed by atoms with Gasteiger partial charge in [-0.2, -0.15) is 0 Å². The van der Waals surface area contributed by atoms with Gasteiger partial charge in [-0.25, -0.2) is 9.38 Å². The summed E-state index contributed by atoms with van der Waals surface area (Å²) in [6.07, 6.45) is 4.18. The van der Waals surface area contributed by atoms with Crippen LogP contribution in [-0.4, -0.2) is 20.2 Å². The Morgan fingerprint density at radius 1 is 1.10 bits per heavy atom. The number of anilines is 1. The summed E-state index contributed by atoms with van der Waals surface area (Å²) in [4.78, 5) is 22.2. The highest BCUT2D eigenvalue weighted by Gasteiger charge is 2.35. The van der Waals surface area contributed by atoms with Crippen LogP contribution in [0.15, 0.2) is 82.7 Å². The van der Waals surface area contributed by atoms with Gasteiger partial charge in [-0.1, -0.05) is 58.4 Å². The van der Waals surface area contributed by atoms with Crippen LogP contribution in [0.1, 0.15) is 35.8 Å². The standard InChI is InChI=1S/C29H27BrFN7O/c1-37-28(39)24(26(32)38-23-9-5-8-22(23)35-29(37)38)27(34-20-6-3-2-4-7-20)36-25(30)18-12-10-17(11-13-18)21-15-14-19(31)16-33-21/h2-4,6-7,10-16,22-23,25,32,34,36H,5,8-9H2,1H3/b27-24+,32-26?/t22?,23-,25?/m0/s1. The number of nitrogens with one attached hydrogen (secondary N) is 3. The van der Waals surface area contributed by atoms with Crippen molar-refractivity contribution in [2.45, 2.75) is 36.3 Å². The lowest BCUT2D eigenvalue weighted by molar-refractivity contribution is 0.465. The summed E-state index contributed by atoms with van der Waals surface area (Å²) in [5.41, 5.74) is 3.63. The maximum atomic E-state index is 13.7. The summed E-state index contributed by atoms with van der Waals surface area (Å²) in [5.74, 6) is 0.0468. The first-order valence-corrected chi connectivity index (χ1v) is 13.7. The summed E-state index contributed by atoms with van der Waals surface area (Å²) in [7, 11) is 1.72. The molecule has 1 aliphatic carbocycles. The molecule has 2 aliphatic rings. The van der Waals surface area contributed by atoms with E-state index in [1.54, 1.807) is 17.7 Å². The second-order valence-electron chi connectivity index (χ2n) is 9.81. The van der Waals surface area contributed by atoms with Gasteiger partial charge in [0.15, 0.2) is 0 Å². The first kappa shape index (κ1) is 25.2. The van der Waals surface area contributed by atoms with E-state index in [2.05, 4.69) is 31.5 Å². The lowest BCUT2D eigenvalue weighted by Gasteiger charge is -2.20. The van der Waals surface area contributed by atoms with E-state index < -0.39 is 0 Å². The molecule has 0 amide bonds. The molecule has 1 aliphatic heterocycles. The first-order valence-electron chi connectivity index (χ1n) is 12.8. The van der Waals surface area contributed by atoms with Crippen molar-refractivity contribution in [3.8, 4) is 11.3 Å². The van der Waals surface area contributed by atoms with Crippen molar-refractivity contribution in [2.75, 3.05) is 5.32 Å². The topological polar surface area (TPSA) is 100 Å². The predicted molar refractivity (Wildman–Crippen MR) is 151 cm³/mol. The minimum absolute atomic E-state index is 0.100. The number of hydrogen-bond acceptors (Lipinski definition) is 6. The number of rotatable bonds is 6. The van der Waals surface area contributed by atoms with E-state index in [0.29, 0.717) is 17.1 Å². The van der Waals surface area contributed by atoms with E-state index in [0.717, 1.165) is 36.1 Å². The number of hydrogen-bond donors (Lipinski definition) is 3. The Kier molecular flexibility index (Phi) is 6.64. The van der Waals surface area contributed by atoms with Gasteiger partial charge in [-0.3, -0.25) is 24.3 Å². The quantitative estimate of drug-likeness (QED) is 0.237. The predicted octanol–water partition coefficient (Wildman–Crippen LogP) is 3.46. The largest absolute Gasteiger partial charge is 0.355 e. The van der Waals surface area contributed by atoms with Gasteiger partial charge in [0.2, 0.25) is 5.62 Å². The molecule has 4 aromatic rings. The van der Waals surface area contributed by atoms with Gasteiger partial charge >= 0.3 is 0 Å². The first-order chi connectivity index (χ1) is 18.9.